The van der Waals surface area contributed by atoms with Crippen LogP contribution in [0, 0.1) is 5.41 Å². The number of hydrogen-bond donors (Lipinski definition) is 0. The second-order valence-corrected chi connectivity index (χ2v) is 4.59. The molecule has 0 aromatic heterocycles. The van der Waals surface area contributed by atoms with Crippen molar-refractivity contribution in [2.75, 3.05) is 18.4 Å². The van der Waals surface area contributed by atoms with Crippen molar-refractivity contribution in [3.05, 3.63) is 35.9 Å². The molecule has 0 saturated heterocycles. The lowest BCUT2D eigenvalue weighted by Gasteiger charge is -2.23. The van der Waals surface area contributed by atoms with Gasteiger partial charge in [-0.25, -0.2) is 0 Å². The van der Waals surface area contributed by atoms with Crippen LogP contribution in [0.5, 0.6) is 0 Å². The Morgan fingerprint density at radius 1 is 1.13 bits per heavy atom. The highest BCUT2D eigenvalue weighted by molar-refractivity contribution is 6.21. The first-order valence-electron chi connectivity index (χ1n) is 4.94. The second kappa shape index (κ2) is 6.37. The molecule has 1 aromatic rings. The average Bonchev–Trinajstić information content (AvgIpc) is 2.30. The topological polar surface area (TPSA) is 9.23 Å². The molecular formula is C12H16Cl2O. The van der Waals surface area contributed by atoms with Crippen LogP contribution in [0.15, 0.2) is 30.3 Å². The average molecular weight is 247 g/mol. The Kier molecular flexibility index (Phi) is 5.44. The van der Waals surface area contributed by atoms with Crippen LogP contribution < -0.4 is 0 Å². The fraction of sp³-hybridized carbons (Fsp3) is 0.500. The Morgan fingerprint density at radius 2 is 1.73 bits per heavy atom. The molecule has 0 fully saturated rings. The van der Waals surface area contributed by atoms with Gasteiger partial charge in [0.1, 0.15) is 0 Å². The van der Waals surface area contributed by atoms with Crippen LogP contribution in [0.1, 0.15) is 12.5 Å². The third kappa shape index (κ3) is 4.42. The highest BCUT2D eigenvalue weighted by Crippen LogP contribution is 2.21. The minimum Gasteiger partial charge on any atom is -0.376 e. The van der Waals surface area contributed by atoms with Crippen LogP contribution in [-0.4, -0.2) is 18.4 Å². The summed E-state index contributed by atoms with van der Waals surface area (Å²) in [5.74, 6) is 1.04. The van der Waals surface area contributed by atoms with Gasteiger partial charge in [-0.3, -0.25) is 0 Å². The Morgan fingerprint density at radius 3 is 2.27 bits per heavy atom. The first kappa shape index (κ1) is 12.8. The van der Waals surface area contributed by atoms with E-state index >= 15 is 0 Å². The minimum absolute atomic E-state index is 0.127. The van der Waals surface area contributed by atoms with Gasteiger partial charge in [0.25, 0.3) is 0 Å². The molecule has 84 valence electrons. The van der Waals surface area contributed by atoms with Gasteiger partial charge in [-0.05, 0) is 5.56 Å². The standard InChI is InChI=1S/C12H16Cl2O/c1-12(8-13,9-14)10-15-7-11-5-3-2-4-6-11/h2-6H,7-10H2,1H3. The highest BCUT2D eigenvalue weighted by Gasteiger charge is 2.22. The largest absolute Gasteiger partial charge is 0.376 e. The molecular weight excluding hydrogens is 231 g/mol. The number of rotatable bonds is 6. The van der Waals surface area contributed by atoms with E-state index in [-0.39, 0.29) is 5.41 Å². The Hall–Kier alpha value is -0.240. The molecule has 1 aromatic carbocycles. The number of alkyl halides is 2. The van der Waals surface area contributed by atoms with Gasteiger partial charge in [0, 0.05) is 17.2 Å². The Bertz CT molecular complexity index is 270. The van der Waals surface area contributed by atoms with Crippen molar-refractivity contribution in [2.45, 2.75) is 13.5 Å². The van der Waals surface area contributed by atoms with Gasteiger partial charge >= 0.3 is 0 Å². The van der Waals surface area contributed by atoms with Crippen molar-refractivity contribution in [1.82, 2.24) is 0 Å². The molecule has 3 heteroatoms. The third-order valence-corrected chi connectivity index (χ3v) is 3.50. The van der Waals surface area contributed by atoms with Crippen molar-refractivity contribution in [1.29, 1.82) is 0 Å². The first-order chi connectivity index (χ1) is 7.20. The first-order valence-corrected chi connectivity index (χ1v) is 6.01. The maximum absolute atomic E-state index is 5.83. The van der Waals surface area contributed by atoms with E-state index in [2.05, 4.69) is 0 Å². The molecule has 0 atom stereocenters. The van der Waals surface area contributed by atoms with Crippen molar-refractivity contribution in [3.8, 4) is 0 Å². The van der Waals surface area contributed by atoms with Gasteiger partial charge in [-0.2, -0.15) is 0 Å². The zero-order chi connectivity index (χ0) is 11.1. The lowest BCUT2D eigenvalue weighted by atomic mass is 9.98. The summed E-state index contributed by atoms with van der Waals surface area (Å²) in [7, 11) is 0. The smallest absolute Gasteiger partial charge is 0.0717 e. The molecule has 0 amide bonds. The molecule has 0 aliphatic heterocycles. The quantitative estimate of drug-likeness (QED) is 0.696. The zero-order valence-electron chi connectivity index (χ0n) is 8.88. The second-order valence-electron chi connectivity index (χ2n) is 4.06. The zero-order valence-corrected chi connectivity index (χ0v) is 10.4. The van der Waals surface area contributed by atoms with Crippen LogP contribution in [0.2, 0.25) is 0 Å². The van der Waals surface area contributed by atoms with Gasteiger partial charge in [0.2, 0.25) is 0 Å². The van der Waals surface area contributed by atoms with Gasteiger partial charge in [0.15, 0.2) is 0 Å². The summed E-state index contributed by atoms with van der Waals surface area (Å²) in [5, 5.41) is 0. The normalized spacial score (nSPS) is 11.7. The van der Waals surface area contributed by atoms with Crippen LogP contribution in [0.4, 0.5) is 0 Å². The number of halogens is 2. The van der Waals surface area contributed by atoms with E-state index in [1.165, 1.54) is 5.56 Å². The van der Waals surface area contributed by atoms with Gasteiger partial charge in [0.05, 0.1) is 13.2 Å². The van der Waals surface area contributed by atoms with Gasteiger partial charge in [-0.1, -0.05) is 37.3 Å². The number of benzene rings is 1. The van der Waals surface area contributed by atoms with Crippen molar-refractivity contribution >= 4 is 23.2 Å². The van der Waals surface area contributed by atoms with Gasteiger partial charge in [-0.15, -0.1) is 23.2 Å². The lowest BCUT2D eigenvalue weighted by Crippen LogP contribution is -2.27. The molecule has 0 spiro atoms. The van der Waals surface area contributed by atoms with E-state index < -0.39 is 0 Å². The highest BCUT2D eigenvalue weighted by atomic mass is 35.5. The molecule has 15 heavy (non-hydrogen) atoms. The maximum atomic E-state index is 5.83. The maximum Gasteiger partial charge on any atom is 0.0717 e. The molecule has 0 saturated carbocycles. The fourth-order valence-electron chi connectivity index (χ4n) is 1.10. The summed E-state index contributed by atoms with van der Waals surface area (Å²) < 4.78 is 5.60. The summed E-state index contributed by atoms with van der Waals surface area (Å²) in [6, 6.07) is 10.1. The summed E-state index contributed by atoms with van der Waals surface area (Å²) in [6.07, 6.45) is 0. The molecule has 0 unspecified atom stereocenters. The lowest BCUT2D eigenvalue weighted by molar-refractivity contribution is 0.0629. The molecule has 0 heterocycles. The van der Waals surface area contributed by atoms with Gasteiger partial charge < -0.3 is 4.74 Å². The molecule has 0 N–H and O–H groups in total. The Balaban J connectivity index is 2.33. The number of ether oxygens (including phenoxy) is 1. The molecule has 0 aliphatic rings. The summed E-state index contributed by atoms with van der Waals surface area (Å²) in [6.45, 7) is 3.23. The van der Waals surface area contributed by atoms with E-state index in [1.54, 1.807) is 0 Å². The van der Waals surface area contributed by atoms with Crippen LogP contribution >= 0.6 is 23.2 Å². The molecule has 0 radical (unpaired) electrons. The summed E-state index contributed by atoms with van der Waals surface area (Å²) >= 11 is 11.7. The predicted molar refractivity (Wildman–Crippen MR) is 65.6 cm³/mol. The predicted octanol–water partition coefficient (Wildman–Crippen LogP) is 3.69. The van der Waals surface area contributed by atoms with E-state index in [1.807, 2.05) is 37.3 Å². The molecule has 0 bridgehead atoms. The fourth-order valence-corrected chi connectivity index (χ4v) is 1.54. The van der Waals surface area contributed by atoms with Crippen molar-refractivity contribution < 1.29 is 4.74 Å². The van der Waals surface area contributed by atoms with Crippen LogP contribution in [0.25, 0.3) is 0 Å². The summed E-state index contributed by atoms with van der Waals surface area (Å²) in [5.41, 5.74) is 1.04. The van der Waals surface area contributed by atoms with E-state index in [0.717, 1.165) is 0 Å². The molecule has 1 nitrogen and oxygen atoms in total. The van der Waals surface area contributed by atoms with E-state index in [4.69, 9.17) is 27.9 Å². The third-order valence-electron chi connectivity index (χ3n) is 2.21. The SMILES string of the molecule is CC(CCl)(CCl)COCc1ccccc1. The molecule has 1 rings (SSSR count). The number of hydrogen-bond acceptors (Lipinski definition) is 1. The minimum atomic E-state index is -0.127. The van der Waals surface area contributed by atoms with E-state index in [9.17, 15) is 0 Å². The van der Waals surface area contributed by atoms with Crippen LogP contribution in [0.3, 0.4) is 0 Å². The van der Waals surface area contributed by atoms with E-state index in [0.29, 0.717) is 25.0 Å². The van der Waals surface area contributed by atoms with Crippen molar-refractivity contribution in [2.24, 2.45) is 5.41 Å². The van der Waals surface area contributed by atoms with Crippen LogP contribution in [-0.2, 0) is 11.3 Å². The Labute approximate surface area is 101 Å². The molecule has 0 aliphatic carbocycles. The van der Waals surface area contributed by atoms with Crippen molar-refractivity contribution in [3.63, 3.8) is 0 Å². The monoisotopic (exact) mass is 246 g/mol. The summed E-state index contributed by atoms with van der Waals surface area (Å²) in [4.78, 5) is 0.